The molecule has 2 saturated heterocycles. The summed E-state index contributed by atoms with van der Waals surface area (Å²) < 4.78 is 11.2. The molecule has 3 rings (SSSR count). The summed E-state index contributed by atoms with van der Waals surface area (Å²) in [5.41, 5.74) is 0.164. The van der Waals surface area contributed by atoms with Gasteiger partial charge in [-0.15, -0.1) is 0 Å². The van der Waals surface area contributed by atoms with Crippen LogP contribution in [0.15, 0.2) is 16.5 Å². The molecule has 1 aromatic heterocycles. The van der Waals surface area contributed by atoms with E-state index in [2.05, 4.69) is 17.4 Å². The molecule has 0 aromatic carbocycles. The van der Waals surface area contributed by atoms with Gasteiger partial charge in [-0.1, -0.05) is 0 Å². The Morgan fingerprint density at radius 2 is 2.27 bits per heavy atom. The van der Waals surface area contributed by atoms with E-state index in [0.29, 0.717) is 5.92 Å². The fraction of sp³-hybridized carbons (Fsp3) is 0.667. The van der Waals surface area contributed by atoms with Crippen LogP contribution in [0.2, 0.25) is 0 Å². The zero-order chi connectivity index (χ0) is 10.3. The molecule has 2 fully saturated rings. The zero-order valence-electron chi connectivity index (χ0n) is 9.08. The lowest BCUT2D eigenvalue weighted by molar-refractivity contribution is -0.0970. The number of nitrogens with one attached hydrogen (secondary N) is 1. The van der Waals surface area contributed by atoms with Gasteiger partial charge < -0.3 is 14.5 Å². The first kappa shape index (κ1) is 9.43. The van der Waals surface area contributed by atoms with Crippen LogP contribution in [0.25, 0.3) is 0 Å². The monoisotopic (exact) mass is 207 g/mol. The number of rotatable bonds is 2. The summed E-state index contributed by atoms with van der Waals surface area (Å²) in [6.07, 6.45) is 1.24. The highest BCUT2D eigenvalue weighted by Gasteiger charge is 2.50. The predicted octanol–water partition coefficient (Wildman–Crippen LogP) is 1.47. The molecule has 0 bridgehead atoms. The molecular formula is C12H17NO2. The third kappa shape index (κ3) is 1.34. The molecule has 1 atom stereocenters. The van der Waals surface area contributed by atoms with E-state index < -0.39 is 0 Å². The number of furan rings is 1. The fourth-order valence-electron chi connectivity index (χ4n) is 2.73. The lowest BCUT2D eigenvalue weighted by atomic mass is 9.71. The van der Waals surface area contributed by atoms with Crippen LogP contribution >= 0.6 is 0 Å². The molecule has 3 heteroatoms. The van der Waals surface area contributed by atoms with Crippen LogP contribution in [0.1, 0.15) is 17.9 Å². The molecule has 3 heterocycles. The minimum absolute atomic E-state index is 0.164. The molecular weight excluding hydrogens is 190 g/mol. The summed E-state index contributed by atoms with van der Waals surface area (Å²) in [5, 5.41) is 3.43. The highest BCUT2D eigenvalue weighted by atomic mass is 16.5. The van der Waals surface area contributed by atoms with Gasteiger partial charge in [-0.25, -0.2) is 0 Å². The molecule has 1 N–H and O–H groups in total. The van der Waals surface area contributed by atoms with E-state index in [1.807, 2.05) is 6.92 Å². The summed E-state index contributed by atoms with van der Waals surface area (Å²) in [7, 11) is 0. The second kappa shape index (κ2) is 3.35. The molecule has 0 radical (unpaired) electrons. The van der Waals surface area contributed by atoms with E-state index in [1.165, 1.54) is 6.42 Å². The first-order valence-corrected chi connectivity index (χ1v) is 5.67. The molecule has 0 aliphatic carbocycles. The maximum absolute atomic E-state index is 5.80. The van der Waals surface area contributed by atoms with Crippen molar-refractivity contribution in [2.75, 3.05) is 26.3 Å². The van der Waals surface area contributed by atoms with Gasteiger partial charge in [-0.2, -0.15) is 0 Å². The first-order valence-electron chi connectivity index (χ1n) is 5.67. The maximum Gasteiger partial charge on any atom is 0.115 e. The summed E-state index contributed by atoms with van der Waals surface area (Å²) >= 11 is 0. The Labute approximate surface area is 89.8 Å². The van der Waals surface area contributed by atoms with E-state index in [4.69, 9.17) is 9.15 Å². The molecule has 0 saturated carbocycles. The van der Waals surface area contributed by atoms with Crippen LogP contribution < -0.4 is 5.32 Å². The van der Waals surface area contributed by atoms with Crippen molar-refractivity contribution in [3.05, 3.63) is 23.7 Å². The Morgan fingerprint density at radius 1 is 1.40 bits per heavy atom. The molecule has 0 spiro atoms. The van der Waals surface area contributed by atoms with Crippen LogP contribution in [-0.4, -0.2) is 26.3 Å². The third-order valence-electron chi connectivity index (χ3n) is 3.79. The van der Waals surface area contributed by atoms with Crippen molar-refractivity contribution < 1.29 is 9.15 Å². The Morgan fingerprint density at radius 3 is 2.73 bits per heavy atom. The largest absolute Gasteiger partial charge is 0.466 e. The van der Waals surface area contributed by atoms with Crippen molar-refractivity contribution in [3.8, 4) is 0 Å². The normalized spacial score (nSPS) is 29.0. The van der Waals surface area contributed by atoms with Gasteiger partial charge in [0.2, 0.25) is 0 Å². The summed E-state index contributed by atoms with van der Waals surface area (Å²) in [4.78, 5) is 0. The SMILES string of the molecule is Cc1ccc(C2(C3CCNC3)COC2)o1. The molecule has 82 valence electrons. The van der Waals surface area contributed by atoms with E-state index in [-0.39, 0.29) is 5.41 Å². The van der Waals surface area contributed by atoms with Crippen molar-refractivity contribution in [2.45, 2.75) is 18.8 Å². The molecule has 3 nitrogen and oxygen atoms in total. The Kier molecular flexibility index (Phi) is 2.11. The van der Waals surface area contributed by atoms with Gasteiger partial charge in [0.05, 0.1) is 18.6 Å². The van der Waals surface area contributed by atoms with Gasteiger partial charge in [0.25, 0.3) is 0 Å². The number of aryl methyl sites for hydroxylation is 1. The van der Waals surface area contributed by atoms with Crippen LogP contribution in [0, 0.1) is 12.8 Å². The lowest BCUT2D eigenvalue weighted by Gasteiger charge is -2.44. The van der Waals surface area contributed by atoms with Crippen molar-refractivity contribution in [3.63, 3.8) is 0 Å². The summed E-state index contributed by atoms with van der Waals surface area (Å²) in [6, 6.07) is 4.17. The van der Waals surface area contributed by atoms with Crippen LogP contribution in [-0.2, 0) is 10.2 Å². The summed E-state index contributed by atoms with van der Waals surface area (Å²) in [6.45, 7) is 5.89. The van der Waals surface area contributed by atoms with Gasteiger partial charge in [0.1, 0.15) is 11.5 Å². The van der Waals surface area contributed by atoms with Gasteiger partial charge in [0, 0.05) is 0 Å². The molecule has 2 aliphatic heterocycles. The van der Waals surface area contributed by atoms with Crippen LogP contribution in [0.3, 0.4) is 0 Å². The summed E-state index contributed by atoms with van der Waals surface area (Å²) in [5.74, 6) is 2.80. The average Bonchev–Trinajstić information content (AvgIpc) is 2.75. The number of ether oxygens (including phenoxy) is 1. The van der Waals surface area contributed by atoms with Gasteiger partial charge in [-0.3, -0.25) is 0 Å². The highest BCUT2D eigenvalue weighted by Crippen LogP contribution is 2.42. The minimum atomic E-state index is 0.164. The third-order valence-corrected chi connectivity index (χ3v) is 3.79. The highest BCUT2D eigenvalue weighted by molar-refractivity contribution is 5.22. The smallest absolute Gasteiger partial charge is 0.115 e. The molecule has 15 heavy (non-hydrogen) atoms. The first-order chi connectivity index (χ1) is 7.31. The predicted molar refractivity (Wildman–Crippen MR) is 56.9 cm³/mol. The van der Waals surface area contributed by atoms with Gasteiger partial charge in [0.15, 0.2) is 0 Å². The maximum atomic E-state index is 5.80. The Bertz CT molecular complexity index is 348. The topological polar surface area (TPSA) is 34.4 Å². The molecule has 1 aromatic rings. The number of hydrogen-bond acceptors (Lipinski definition) is 3. The molecule has 2 aliphatic rings. The van der Waals surface area contributed by atoms with Crippen LogP contribution in [0.5, 0.6) is 0 Å². The second-order valence-electron chi connectivity index (χ2n) is 4.75. The van der Waals surface area contributed by atoms with Crippen molar-refractivity contribution in [2.24, 2.45) is 5.92 Å². The van der Waals surface area contributed by atoms with Crippen molar-refractivity contribution in [1.29, 1.82) is 0 Å². The standard InChI is InChI=1S/C12H17NO2/c1-9-2-3-11(15-9)12(7-14-8-12)10-4-5-13-6-10/h2-3,10,13H,4-8H2,1H3. The zero-order valence-corrected chi connectivity index (χ0v) is 9.08. The van der Waals surface area contributed by atoms with E-state index in [1.54, 1.807) is 0 Å². The minimum Gasteiger partial charge on any atom is -0.466 e. The van der Waals surface area contributed by atoms with Crippen molar-refractivity contribution >= 4 is 0 Å². The van der Waals surface area contributed by atoms with Crippen LogP contribution in [0.4, 0.5) is 0 Å². The molecule has 1 unspecified atom stereocenters. The van der Waals surface area contributed by atoms with Crippen molar-refractivity contribution in [1.82, 2.24) is 5.32 Å². The van der Waals surface area contributed by atoms with E-state index in [0.717, 1.165) is 37.8 Å². The fourth-order valence-corrected chi connectivity index (χ4v) is 2.73. The van der Waals surface area contributed by atoms with E-state index in [9.17, 15) is 0 Å². The van der Waals surface area contributed by atoms with Gasteiger partial charge >= 0.3 is 0 Å². The lowest BCUT2D eigenvalue weighted by Crippen LogP contribution is -2.52. The average molecular weight is 207 g/mol. The Balaban J connectivity index is 1.91. The number of hydrogen-bond donors (Lipinski definition) is 1. The second-order valence-corrected chi connectivity index (χ2v) is 4.75. The van der Waals surface area contributed by atoms with Gasteiger partial charge in [-0.05, 0) is 44.5 Å². The van der Waals surface area contributed by atoms with E-state index >= 15 is 0 Å². The molecule has 0 amide bonds. The quantitative estimate of drug-likeness (QED) is 0.797. The Hall–Kier alpha value is -0.800.